The molecule has 3 heterocycles. The lowest BCUT2D eigenvalue weighted by molar-refractivity contribution is -0.122. The molecule has 0 saturated carbocycles. The Kier molecular flexibility index (Phi) is 7.78. The highest BCUT2D eigenvalue weighted by atomic mass is 16.5. The van der Waals surface area contributed by atoms with Crippen molar-refractivity contribution in [2.24, 2.45) is 0 Å². The molecule has 1 N–H and O–H groups in total. The van der Waals surface area contributed by atoms with Gasteiger partial charge in [0.25, 0.3) is 11.8 Å². The number of methoxy groups -OCH3 is 1. The van der Waals surface area contributed by atoms with Gasteiger partial charge in [0.05, 0.1) is 19.4 Å². The monoisotopic (exact) mass is 613 g/mol. The summed E-state index contributed by atoms with van der Waals surface area (Å²) < 4.78 is 11.1. The molecule has 4 aromatic carbocycles. The third-order valence-electron chi connectivity index (χ3n) is 9.16. The average molecular weight is 614 g/mol. The number of anilines is 2. The van der Waals surface area contributed by atoms with Crippen LogP contribution in [0.1, 0.15) is 59.4 Å². The van der Waals surface area contributed by atoms with Crippen LogP contribution in [-0.2, 0) is 9.59 Å². The molecule has 0 spiro atoms. The topological polar surface area (TPSA) is 88.2 Å². The van der Waals surface area contributed by atoms with Gasteiger partial charge in [-0.1, -0.05) is 66.7 Å². The van der Waals surface area contributed by atoms with Gasteiger partial charge in [-0.3, -0.25) is 14.9 Å². The molecule has 3 aliphatic rings. The van der Waals surface area contributed by atoms with Gasteiger partial charge in [-0.15, -0.1) is 0 Å². The Morgan fingerprint density at radius 1 is 0.804 bits per heavy atom. The van der Waals surface area contributed by atoms with Gasteiger partial charge in [-0.2, -0.15) is 0 Å². The van der Waals surface area contributed by atoms with E-state index in [1.165, 1.54) is 30.0 Å². The maximum atomic E-state index is 14.1. The molecule has 4 amide bonds. The minimum absolute atomic E-state index is 0.0941. The van der Waals surface area contributed by atoms with E-state index in [0.29, 0.717) is 29.4 Å². The van der Waals surface area contributed by atoms with Crippen molar-refractivity contribution in [2.45, 2.75) is 31.6 Å². The lowest BCUT2D eigenvalue weighted by atomic mass is 9.76. The SMILES string of the molecule is CCOc1ccc(/C=C2\C(=O)NC(=O)N(c3cc4c5c(c3)[C@H](c3ccccc3)CCN5CC[C@H]4c3ccccc3)C2=O)cc1OC. The summed E-state index contributed by atoms with van der Waals surface area (Å²) in [5.41, 5.74) is 6.62. The highest BCUT2D eigenvalue weighted by molar-refractivity contribution is 6.39. The number of carbonyl (C=O) groups excluding carboxylic acids is 3. The van der Waals surface area contributed by atoms with E-state index in [-0.39, 0.29) is 17.4 Å². The van der Waals surface area contributed by atoms with Crippen LogP contribution in [0.3, 0.4) is 0 Å². The second-order valence-electron chi connectivity index (χ2n) is 11.8. The van der Waals surface area contributed by atoms with E-state index in [4.69, 9.17) is 9.47 Å². The number of rotatable bonds is 7. The van der Waals surface area contributed by atoms with E-state index >= 15 is 0 Å². The van der Waals surface area contributed by atoms with Crippen molar-refractivity contribution < 1.29 is 23.9 Å². The van der Waals surface area contributed by atoms with Crippen molar-refractivity contribution >= 4 is 35.3 Å². The van der Waals surface area contributed by atoms with Crippen LogP contribution in [0.2, 0.25) is 0 Å². The predicted octanol–water partition coefficient (Wildman–Crippen LogP) is 6.64. The Balaban J connectivity index is 1.36. The summed E-state index contributed by atoms with van der Waals surface area (Å²) in [6.07, 6.45) is 3.32. The smallest absolute Gasteiger partial charge is 0.335 e. The Morgan fingerprint density at radius 2 is 1.41 bits per heavy atom. The summed E-state index contributed by atoms with van der Waals surface area (Å²) in [6, 6.07) is 29.1. The Morgan fingerprint density at radius 3 is 1.98 bits per heavy atom. The second kappa shape index (κ2) is 12.2. The zero-order valence-electron chi connectivity index (χ0n) is 25.9. The van der Waals surface area contributed by atoms with Crippen LogP contribution < -0.4 is 24.6 Å². The van der Waals surface area contributed by atoms with Crippen LogP contribution in [0.4, 0.5) is 16.2 Å². The summed E-state index contributed by atoms with van der Waals surface area (Å²) in [4.78, 5) is 44.3. The molecule has 7 rings (SSSR count). The average Bonchev–Trinajstić information content (AvgIpc) is 3.08. The van der Waals surface area contributed by atoms with Gasteiger partial charge in [-0.25, -0.2) is 9.69 Å². The van der Waals surface area contributed by atoms with Gasteiger partial charge in [0.15, 0.2) is 11.5 Å². The molecule has 0 aliphatic carbocycles. The summed E-state index contributed by atoms with van der Waals surface area (Å²) in [6.45, 7) is 4.20. The number of urea groups is 1. The quantitative estimate of drug-likeness (QED) is 0.186. The first-order valence-electron chi connectivity index (χ1n) is 15.7. The van der Waals surface area contributed by atoms with E-state index in [1.54, 1.807) is 18.2 Å². The highest BCUT2D eigenvalue weighted by Gasteiger charge is 2.40. The molecule has 0 unspecified atom stereocenters. The number of hydrogen-bond acceptors (Lipinski definition) is 6. The molecule has 0 radical (unpaired) electrons. The first-order valence-corrected chi connectivity index (χ1v) is 15.7. The first kappa shape index (κ1) is 29.3. The number of barbiturate groups is 1. The van der Waals surface area contributed by atoms with Crippen LogP contribution in [0.15, 0.2) is 96.6 Å². The van der Waals surface area contributed by atoms with Crippen LogP contribution in [0.5, 0.6) is 11.5 Å². The largest absolute Gasteiger partial charge is 0.493 e. The summed E-state index contributed by atoms with van der Waals surface area (Å²) in [5.74, 6) is -0.196. The van der Waals surface area contributed by atoms with Crippen molar-refractivity contribution in [1.82, 2.24) is 5.32 Å². The number of amides is 4. The van der Waals surface area contributed by atoms with Crippen LogP contribution in [-0.4, -0.2) is 44.7 Å². The molecule has 1 saturated heterocycles. The summed E-state index contributed by atoms with van der Waals surface area (Å²) in [7, 11) is 1.53. The van der Waals surface area contributed by atoms with Crippen molar-refractivity contribution in [2.75, 3.05) is 36.6 Å². The van der Waals surface area contributed by atoms with E-state index in [0.717, 1.165) is 42.0 Å². The fraction of sp³-hybridized carbons (Fsp3) is 0.237. The molecular formula is C38H35N3O5. The fourth-order valence-corrected chi connectivity index (χ4v) is 7.08. The Labute approximate surface area is 268 Å². The molecular weight excluding hydrogens is 578 g/mol. The highest BCUT2D eigenvalue weighted by Crippen LogP contribution is 2.50. The van der Waals surface area contributed by atoms with Gasteiger partial charge in [0.2, 0.25) is 0 Å². The number of nitrogens with zero attached hydrogens (tertiary/aromatic N) is 2. The molecule has 232 valence electrons. The first-order chi connectivity index (χ1) is 22.5. The number of hydrogen-bond donors (Lipinski definition) is 1. The van der Waals surface area contributed by atoms with E-state index in [2.05, 4.69) is 34.5 Å². The van der Waals surface area contributed by atoms with Gasteiger partial charge in [-0.05, 0) is 77.9 Å². The Hall–Kier alpha value is -5.37. The molecule has 0 aromatic heterocycles. The molecule has 0 bridgehead atoms. The minimum atomic E-state index is -0.764. The third-order valence-corrected chi connectivity index (χ3v) is 9.16. The van der Waals surface area contributed by atoms with E-state index in [1.807, 2.05) is 55.5 Å². The second-order valence-corrected chi connectivity index (χ2v) is 11.8. The van der Waals surface area contributed by atoms with Gasteiger partial charge in [0, 0.05) is 30.6 Å². The lowest BCUT2D eigenvalue weighted by Gasteiger charge is -2.44. The molecule has 46 heavy (non-hydrogen) atoms. The Bertz CT molecular complexity index is 1780. The predicted molar refractivity (Wildman–Crippen MR) is 178 cm³/mol. The number of imide groups is 2. The van der Waals surface area contributed by atoms with Crippen LogP contribution in [0.25, 0.3) is 6.08 Å². The van der Waals surface area contributed by atoms with E-state index in [9.17, 15) is 14.4 Å². The van der Waals surface area contributed by atoms with Gasteiger partial charge in [0.1, 0.15) is 5.57 Å². The maximum absolute atomic E-state index is 14.1. The zero-order chi connectivity index (χ0) is 31.8. The van der Waals surface area contributed by atoms with Crippen molar-refractivity contribution in [1.29, 1.82) is 0 Å². The number of ether oxygens (including phenoxy) is 2. The van der Waals surface area contributed by atoms with Crippen molar-refractivity contribution in [3.05, 3.63) is 124 Å². The van der Waals surface area contributed by atoms with E-state index < -0.39 is 17.8 Å². The van der Waals surface area contributed by atoms with Crippen LogP contribution >= 0.6 is 0 Å². The molecule has 2 atom stereocenters. The molecule has 4 aromatic rings. The minimum Gasteiger partial charge on any atom is -0.493 e. The molecule has 8 nitrogen and oxygen atoms in total. The normalized spacial score (nSPS) is 20.0. The molecule has 8 heteroatoms. The lowest BCUT2D eigenvalue weighted by Crippen LogP contribution is -2.54. The molecule has 1 fully saturated rings. The fourth-order valence-electron chi connectivity index (χ4n) is 7.08. The number of nitrogens with one attached hydrogen (secondary N) is 1. The number of benzene rings is 4. The maximum Gasteiger partial charge on any atom is 0.335 e. The number of carbonyl (C=O) groups is 3. The standard InChI is InChI=1S/C38H35N3O5/c1-3-46-33-15-14-24(21-34(33)45-2)20-32-36(42)39-38(44)41(37(32)43)27-22-30-28(25-10-6-4-7-11-25)16-18-40-19-17-29(31(23-27)35(30)40)26-12-8-5-9-13-26/h4-15,20-23,28-29H,3,16-19H2,1-2H3,(H,39,42,44)/b32-20+/t28-,29-/m0/s1. The van der Waals surface area contributed by atoms with Crippen LogP contribution in [0, 0.1) is 0 Å². The third kappa shape index (κ3) is 5.19. The van der Waals surface area contributed by atoms with Gasteiger partial charge < -0.3 is 14.4 Å². The van der Waals surface area contributed by atoms with Gasteiger partial charge >= 0.3 is 6.03 Å². The van der Waals surface area contributed by atoms with Crippen molar-refractivity contribution in [3.63, 3.8) is 0 Å². The summed E-state index contributed by atoms with van der Waals surface area (Å²) >= 11 is 0. The molecule has 3 aliphatic heterocycles. The summed E-state index contributed by atoms with van der Waals surface area (Å²) in [5, 5.41) is 2.41. The van der Waals surface area contributed by atoms with Crippen molar-refractivity contribution in [3.8, 4) is 11.5 Å². The zero-order valence-corrected chi connectivity index (χ0v) is 25.9.